The largest absolute Gasteiger partial charge is 0.492 e. The molecule has 180 valence electrons. The van der Waals surface area contributed by atoms with Crippen molar-refractivity contribution in [3.63, 3.8) is 0 Å². The van der Waals surface area contributed by atoms with Gasteiger partial charge in [-0.25, -0.2) is 4.79 Å². The van der Waals surface area contributed by atoms with Gasteiger partial charge in [-0.05, 0) is 49.6 Å². The van der Waals surface area contributed by atoms with Gasteiger partial charge in [0.05, 0.1) is 29.6 Å². The van der Waals surface area contributed by atoms with Crippen LogP contribution >= 0.6 is 11.3 Å². The highest BCUT2D eigenvalue weighted by atomic mass is 32.1. The molecule has 0 spiro atoms. The maximum atomic E-state index is 12.6. The number of esters is 1. The number of methoxy groups -OCH3 is 1. The number of hydrogen-bond donors (Lipinski definition) is 1. The predicted octanol–water partition coefficient (Wildman–Crippen LogP) is 3.85. The third-order valence-electron chi connectivity index (χ3n) is 5.80. The van der Waals surface area contributed by atoms with E-state index in [1.165, 1.54) is 18.4 Å². The first kappa shape index (κ1) is 24.0. The second kappa shape index (κ2) is 10.8. The highest BCUT2D eigenvalue weighted by molar-refractivity contribution is 7.16. The fourth-order valence-electron chi connectivity index (χ4n) is 3.90. The number of thiazole rings is 1. The van der Waals surface area contributed by atoms with Gasteiger partial charge in [0.25, 0.3) is 0 Å². The van der Waals surface area contributed by atoms with E-state index in [9.17, 15) is 14.8 Å². The van der Waals surface area contributed by atoms with Gasteiger partial charge in [0.15, 0.2) is 6.10 Å². The number of carbonyl (C=O) groups excluding carboxylic acids is 1. The molecule has 0 saturated heterocycles. The molecule has 1 aliphatic carbocycles. The molecule has 0 amide bonds. The molecule has 1 N–H and O–H groups in total. The number of fused-ring (bicyclic) bond motifs is 1. The van der Waals surface area contributed by atoms with Crippen LogP contribution in [0.2, 0.25) is 0 Å². The van der Waals surface area contributed by atoms with Gasteiger partial charge < -0.3 is 19.4 Å². The van der Waals surface area contributed by atoms with E-state index in [-0.39, 0.29) is 4.87 Å². The molecule has 9 heteroatoms. The number of ether oxygens (including phenoxy) is 3. The van der Waals surface area contributed by atoms with Crippen LogP contribution in [-0.4, -0.2) is 47.9 Å². The van der Waals surface area contributed by atoms with Crippen LogP contribution in [0.1, 0.15) is 30.9 Å². The first-order chi connectivity index (χ1) is 16.5. The van der Waals surface area contributed by atoms with Crippen molar-refractivity contribution in [2.75, 3.05) is 20.3 Å². The Labute approximate surface area is 201 Å². The number of hydrogen-bond acceptors (Lipinski definition) is 8. The Morgan fingerprint density at radius 2 is 2.00 bits per heavy atom. The van der Waals surface area contributed by atoms with E-state index in [1.54, 1.807) is 4.57 Å². The summed E-state index contributed by atoms with van der Waals surface area (Å²) in [5.41, 5.74) is 3.33. The summed E-state index contributed by atoms with van der Waals surface area (Å²) >= 11 is 1.18. The Bertz CT molecular complexity index is 1230. The predicted molar refractivity (Wildman–Crippen MR) is 130 cm³/mol. The summed E-state index contributed by atoms with van der Waals surface area (Å²) in [6, 6.07) is 13.2. The minimum absolute atomic E-state index is 0.0511. The minimum Gasteiger partial charge on any atom is -0.492 e. The average Bonchev–Trinajstić information content (AvgIpc) is 3.63. The lowest BCUT2D eigenvalue weighted by Gasteiger charge is -2.15. The molecular weight excluding hydrogens is 456 g/mol. The molecule has 1 saturated carbocycles. The quantitative estimate of drug-likeness (QED) is 0.192. The van der Waals surface area contributed by atoms with Crippen LogP contribution in [-0.2, 0) is 27.2 Å². The van der Waals surface area contributed by atoms with Crippen molar-refractivity contribution in [1.82, 2.24) is 4.57 Å². The van der Waals surface area contributed by atoms with Crippen molar-refractivity contribution < 1.29 is 24.2 Å². The third kappa shape index (κ3) is 5.48. The van der Waals surface area contributed by atoms with Crippen LogP contribution in [0, 0.1) is 5.92 Å². The number of nitrogens with zero attached hydrogens (tertiary/aromatic N) is 2. The van der Waals surface area contributed by atoms with Gasteiger partial charge >= 0.3 is 10.8 Å². The van der Waals surface area contributed by atoms with Gasteiger partial charge in [0, 0.05) is 24.5 Å². The summed E-state index contributed by atoms with van der Waals surface area (Å²) in [4.78, 5) is 24.3. The summed E-state index contributed by atoms with van der Waals surface area (Å²) in [6.45, 7) is 3.01. The Morgan fingerprint density at radius 3 is 2.65 bits per heavy atom. The van der Waals surface area contributed by atoms with E-state index in [4.69, 9.17) is 14.2 Å². The van der Waals surface area contributed by atoms with E-state index < -0.39 is 12.1 Å². The van der Waals surface area contributed by atoms with E-state index >= 15 is 0 Å². The normalized spacial score (nSPS) is 14.8. The van der Waals surface area contributed by atoms with Crippen molar-refractivity contribution in [2.24, 2.45) is 11.1 Å². The van der Waals surface area contributed by atoms with Gasteiger partial charge in [0.2, 0.25) is 0 Å². The topological polar surface area (TPSA) is 99.4 Å². The number of carbonyl (C=O) groups is 1. The highest BCUT2D eigenvalue weighted by Crippen LogP contribution is 2.34. The molecule has 8 nitrogen and oxygen atoms in total. The standard InChI is InChI=1S/C25H28N2O6S/c1-3-32-21(24(28)31-2)14-16-4-9-19(10-5-16)33-13-12-27-20-11-8-18(15-22(20)34-25(27)29)23(26-30)17-6-7-17/h4-5,8-11,15,17,21,30H,3,6-7,12-14H2,1-2H3/b26-23-. The summed E-state index contributed by atoms with van der Waals surface area (Å²) in [7, 11) is 1.35. The number of oxime groups is 1. The highest BCUT2D eigenvalue weighted by Gasteiger charge is 2.29. The van der Waals surface area contributed by atoms with Crippen LogP contribution in [0.25, 0.3) is 10.2 Å². The lowest BCUT2D eigenvalue weighted by atomic mass is 10.1. The minimum atomic E-state index is -0.634. The van der Waals surface area contributed by atoms with Crippen LogP contribution in [0.3, 0.4) is 0 Å². The Balaban J connectivity index is 1.37. The van der Waals surface area contributed by atoms with Gasteiger partial charge in [-0.2, -0.15) is 0 Å². The molecule has 1 aliphatic rings. The monoisotopic (exact) mass is 484 g/mol. The molecule has 34 heavy (non-hydrogen) atoms. The number of rotatable bonds is 11. The first-order valence-electron chi connectivity index (χ1n) is 11.3. The SMILES string of the molecule is CCOC(Cc1ccc(OCCn2c(=O)sc3cc(/C(=N\O)C4CC4)ccc32)cc1)C(=O)OC. The van der Waals surface area contributed by atoms with Gasteiger partial charge in [0.1, 0.15) is 12.4 Å². The Kier molecular flexibility index (Phi) is 7.64. The molecule has 0 aliphatic heterocycles. The second-order valence-corrected chi connectivity index (χ2v) is 9.12. The zero-order valence-corrected chi connectivity index (χ0v) is 20.0. The summed E-state index contributed by atoms with van der Waals surface area (Å²) in [6.07, 6.45) is 1.85. The van der Waals surface area contributed by atoms with Gasteiger partial charge in [-0.1, -0.05) is 34.7 Å². The zero-order chi connectivity index (χ0) is 24.1. The molecule has 3 aromatic rings. The first-order valence-corrected chi connectivity index (χ1v) is 12.1. The molecule has 1 atom stereocenters. The molecule has 4 rings (SSSR count). The molecular formula is C25H28N2O6S. The Morgan fingerprint density at radius 1 is 1.24 bits per heavy atom. The van der Waals surface area contributed by atoms with E-state index in [1.807, 2.05) is 49.4 Å². The molecule has 1 heterocycles. The summed E-state index contributed by atoms with van der Waals surface area (Å²) in [5, 5.41) is 12.8. The van der Waals surface area contributed by atoms with Crippen LogP contribution in [0.4, 0.5) is 0 Å². The maximum Gasteiger partial charge on any atom is 0.335 e. The van der Waals surface area contributed by atoms with E-state index in [0.717, 1.165) is 34.2 Å². The summed E-state index contributed by atoms with van der Waals surface area (Å²) < 4.78 is 18.7. The smallest absolute Gasteiger partial charge is 0.335 e. The summed E-state index contributed by atoms with van der Waals surface area (Å²) in [5.74, 6) is 0.597. The Hall–Kier alpha value is -3.17. The van der Waals surface area contributed by atoms with Gasteiger partial charge in [-0.15, -0.1) is 0 Å². The third-order valence-corrected chi connectivity index (χ3v) is 6.74. The van der Waals surface area contributed by atoms with Crippen molar-refractivity contribution >= 4 is 33.2 Å². The maximum absolute atomic E-state index is 12.6. The van der Waals surface area contributed by atoms with Gasteiger partial charge in [-0.3, -0.25) is 9.36 Å². The molecule has 2 aromatic carbocycles. The molecule has 0 radical (unpaired) electrons. The molecule has 1 unspecified atom stereocenters. The number of benzene rings is 2. The molecule has 1 fully saturated rings. The van der Waals surface area contributed by atoms with E-state index in [2.05, 4.69) is 5.16 Å². The van der Waals surface area contributed by atoms with Crippen molar-refractivity contribution in [2.45, 2.75) is 38.8 Å². The van der Waals surface area contributed by atoms with E-state index in [0.29, 0.717) is 43.6 Å². The van der Waals surface area contributed by atoms with Crippen molar-refractivity contribution in [3.05, 3.63) is 63.3 Å². The molecule has 1 aromatic heterocycles. The second-order valence-electron chi connectivity index (χ2n) is 8.13. The van der Waals surface area contributed by atoms with Crippen LogP contribution in [0.5, 0.6) is 5.75 Å². The van der Waals surface area contributed by atoms with Crippen molar-refractivity contribution in [3.8, 4) is 5.75 Å². The average molecular weight is 485 g/mol. The fraction of sp³-hybridized carbons (Fsp3) is 0.400. The molecule has 0 bridgehead atoms. The van der Waals surface area contributed by atoms with Crippen LogP contribution in [0.15, 0.2) is 52.4 Å². The lowest BCUT2D eigenvalue weighted by molar-refractivity contribution is -0.153. The lowest BCUT2D eigenvalue weighted by Crippen LogP contribution is -2.28. The van der Waals surface area contributed by atoms with Crippen molar-refractivity contribution in [1.29, 1.82) is 0 Å². The number of aromatic nitrogens is 1. The fourth-order valence-corrected chi connectivity index (χ4v) is 4.86. The van der Waals surface area contributed by atoms with Crippen LogP contribution < -0.4 is 9.61 Å². The zero-order valence-electron chi connectivity index (χ0n) is 19.2.